The molecule has 2 aromatic carbocycles. The van der Waals surface area contributed by atoms with Crippen LogP contribution in [0.15, 0.2) is 47.5 Å². The zero-order valence-corrected chi connectivity index (χ0v) is 18.9. The summed E-state index contributed by atoms with van der Waals surface area (Å²) in [6, 6.07) is 12.5. The third kappa shape index (κ3) is 4.39. The Bertz CT molecular complexity index is 1210. The van der Waals surface area contributed by atoms with Crippen molar-refractivity contribution in [3.05, 3.63) is 52.8 Å². The summed E-state index contributed by atoms with van der Waals surface area (Å²) in [5, 5.41) is 0. The highest BCUT2D eigenvalue weighted by molar-refractivity contribution is 7.16. The maximum atomic E-state index is 13.1. The van der Waals surface area contributed by atoms with Crippen LogP contribution in [-0.4, -0.2) is 49.0 Å². The van der Waals surface area contributed by atoms with Crippen molar-refractivity contribution in [3.63, 3.8) is 0 Å². The summed E-state index contributed by atoms with van der Waals surface area (Å²) in [6.07, 6.45) is -1.35. The molecular weight excluding hydrogens is 432 g/mol. The average Bonchev–Trinajstić information content (AvgIpc) is 3.14. The highest BCUT2D eigenvalue weighted by atomic mass is 32.1. The molecule has 0 saturated heterocycles. The van der Waals surface area contributed by atoms with E-state index in [1.807, 2.05) is 29.7 Å². The van der Waals surface area contributed by atoms with Crippen molar-refractivity contribution in [1.82, 2.24) is 4.57 Å². The number of thiazole rings is 1. The molecule has 3 aromatic rings. The maximum Gasteiger partial charge on any atom is 0.337 e. The Kier molecular flexibility index (Phi) is 6.57. The number of nitrogens with zero attached hydrogens (tertiary/aromatic N) is 2. The summed E-state index contributed by atoms with van der Waals surface area (Å²) in [7, 11) is 1.34. The number of amides is 1. The lowest BCUT2D eigenvalue weighted by Crippen LogP contribution is -2.43. The standard InChI is InChI=1S/C23H24N2O6S/c1-4-29-12-11-25-16-10-9-15(22(27)28-3)13-19(16)32-23(25)24-21(26)20-14(2)30-17-7-5-6-8-18(17)31-20/h5-10,13-14,20H,4,11-12H2,1-3H3. The average molecular weight is 457 g/mol. The first-order valence-corrected chi connectivity index (χ1v) is 11.1. The molecule has 2 unspecified atom stereocenters. The normalized spacial score (nSPS) is 18.0. The first-order valence-electron chi connectivity index (χ1n) is 10.3. The van der Waals surface area contributed by atoms with Gasteiger partial charge in [-0.05, 0) is 44.2 Å². The van der Waals surface area contributed by atoms with Gasteiger partial charge < -0.3 is 23.5 Å². The van der Waals surface area contributed by atoms with Gasteiger partial charge in [0.25, 0.3) is 5.91 Å². The molecule has 0 bridgehead atoms. The summed E-state index contributed by atoms with van der Waals surface area (Å²) in [5.41, 5.74) is 1.29. The maximum absolute atomic E-state index is 13.1. The van der Waals surface area contributed by atoms with Crippen LogP contribution in [0.5, 0.6) is 11.5 Å². The Hall–Kier alpha value is -3.17. The van der Waals surface area contributed by atoms with Crippen molar-refractivity contribution in [1.29, 1.82) is 0 Å². The van der Waals surface area contributed by atoms with E-state index in [1.54, 1.807) is 31.2 Å². The molecule has 2 atom stereocenters. The van der Waals surface area contributed by atoms with Gasteiger partial charge in [0.05, 0.1) is 29.5 Å². The second kappa shape index (κ2) is 9.54. The van der Waals surface area contributed by atoms with Crippen LogP contribution in [0.4, 0.5) is 0 Å². The monoisotopic (exact) mass is 456 g/mol. The van der Waals surface area contributed by atoms with Gasteiger partial charge >= 0.3 is 5.97 Å². The van der Waals surface area contributed by atoms with Crippen LogP contribution in [0.2, 0.25) is 0 Å². The number of benzene rings is 2. The Labute approximate surface area is 189 Å². The molecule has 32 heavy (non-hydrogen) atoms. The Morgan fingerprint density at radius 1 is 1.16 bits per heavy atom. The number of hydrogen-bond donors (Lipinski definition) is 0. The van der Waals surface area contributed by atoms with Crippen LogP contribution in [-0.2, 0) is 20.8 Å². The van der Waals surface area contributed by atoms with Crippen LogP contribution >= 0.6 is 11.3 Å². The van der Waals surface area contributed by atoms with E-state index in [1.165, 1.54) is 18.4 Å². The quantitative estimate of drug-likeness (QED) is 0.418. The van der Waals surface area contributed by atoms with E-state index < -0.39 is 24.1 Å². The van der Waals surface area contributed by atoms with Crippen molar-refractivity contribution in [2.75, 3.05) is 20.3 Å². The molecule has 0 N–H and O–H groups in total. The van der Waals surface area contributed by atoms with E-state index in [2.05, 4.69) is 4.99 Å². The fraction of sp³-hybridized carbons (Fsp3) is 0.348. The molecule has 9 heteroatoms. The Morgan fingerprint density at radius 3 is 2.62 bits per heavy atom. The van der Waals surface area contributed by atoms with Gasteiger partial charge in [0, 0.05) is 13.2 Å². The smallest absolute Gasteiger partial charge is 0.337 e. The zero-order chi connectivity index (χ0) is 22.7. The molecule has 1 aliphatic heterocycles. The number of para-hydroxylation sites is 2. The number of methoxy groups -OCH3 is 1. The van der Waals surface area contributed by atoms with Crippen LogP contribution < -0.4 is 14.3 Å². The third-order valence-corrected chi connectivity index (χ3v) is 6.10. The van der Waals surface area contributed by atoms with Gasteiger partial charge in [0.2, 0.25) is 6.10 Å². The number of rotatable bonds is 6. The molecule has 1 amide bonds. The molecule has 1 aliphatic rings. The molecule has 0 fully saturated rings. The predicted molar refractivity (Wildman–Crippen MR) is 119 cm³/mol. The molecule has 1 aromatic heterocycles. The summed E-state index contributed by atoms with van der Waals surface area (Å²) in [4.78, 5) is 29.9. The summed E-state index contributed by atoms with van der Waals surface area (Å²) < 4.78 is 24.8. The van der Waals surface area contributed by atoms with E-state index in [9.17, 15) is 9.59 Å². The second-order valence-corrected chi connectivity index (χ2v) is 8.17. The lowest BCUT2D eigenvalue weighted by atomic mass is 10.1. The number of ether oxygens (including phenoxy) is 4. The lowest BCUT2D eigenvalue weighted by Gasteiger charge is -2.29. The van der Waals surface area contributed by atoms with E-state index in [-0.39, 0.29) is 0 Å². The van der Waals surface area contributed by atoms with Gasteiger partial charge in [-0.25, -0.2) is 4.79 Å². The second-order valence-electron chi connectivity index (χ2n) is 7.17. The highest BCUT2D eigenvalue weighted by Crippen LogP contribution is 2.33. The lowest BCUT2D eigenvalue weighted by molar-refractivity contribution is -0.130. The van der Waals surface area contributed by atoms with Gasteiger partial charge in [-0.1, -0.05) is 23.5 Å². The Balaban J connectivity index is 1.71. The predicted octanol–water partition coefficient (Wildman–Crippen LogP) is 3.18. The molecule has 2 heterocycles. The topological polar surface area (TPSA) is 88.4 Å². The highest BCUT2D eigenvalue weighted by Gasteiger charge is 2.34. The fourth-order valence-electron chi connectivity index (χ4n) is 3.47. The van der Waals surface area contributed by atoms with E-state index >= 15 is 0 Å². The number of carbonyl (C=O) groups is 2. The molecule has 4 rings (SSSR count). The van der Waals surface area contributed by atoms with Crippen molar-refractivity contribution in [2.45, 2.75) is 32.6 Å². The third-order valence-electron chi connectivity index (χ3n) is 5.06. The fourth-order valence-corrected chi connectivity index (χ4v) is 4.57. The first kappa shape index (κ1) is 22.0. The van der Waals surface area contributed by atoms with Crippen LogP contribution in [0.3, 0.4) is 0 Å². The van der Waals surface area contributed by atoms with Crippen molar-refractivity contribution < 1.29 is 28.5 Å². The number of aromatic nitrogens is 1. The number of hydrogen-bond acceptors (Lipinski definition) is 7. The molecule has 0 radical (unpaired) electrons. The molecule has 168 valence electrons. The molecule has 0 spiro atoms. The zero-order valence-electron chi connectivity index (χ0n) is 18.1. The number of esters is 1. The van der Waals surface area contributed by atoms with E-state index in [4.69, 9.17) is 18.9 Å². The Morgan fingerprint density at radius 2 is 1.91 bits per heavy atom. The van der Waals surface area contributed by atoms with Crippen LogP contribution in [0.1, 0.15) is 24.2 Å². The minimum atomic E-state index is -0.860. The van der Waals surface area contributed by atoms with Gasteiger partial charge in [0.15, 0.2) is 16.3 Å². The minimum absolute atomic E-state index is 0.420. The van der Waals surface area contributed by atoms with Crippen molar-refractivity contribution in [3.8, 4) is 11.5 Å². The van der Waals surface area contributed by atoms with Crippen LogP contribution in [0, 0.1) is 0 Å². The van der Waals surface area contributed by atoms with Crippen molar-refractivity contribution >= 4 is 33.4 Å². The SMILES string of the molecule is CCOCCn1c(=NC(=O)C2Oc3ccccc3OC2C)sc2cc(C(=O)OC)ccc21. The summed E-state index contributed by atoms with van der Waals surface area (Å²) in [6.45, 7) is 5.27. The number of fused-ring (bicyclic) bond motifs is 2. The van der Waals surface area contributed by atoms with Gasteiger partial charge in [-0.2, -0.15) is 4.99 Å². The summed E-state index contributed by atoms with van der Waals surface area (Å²) >= 11 is 1.32. The molecular formula is C23H24N2O6S. The van der Waals surface area contributed by atoms with Crippen molar-refractivity contribution in [2.24, 2.45) is 4.99 Å². The largest absolute Gasteiger partial charge is 0.482 e. The summed E-state index contributed by atoms with van der Waals surface area (Å²) in [5.74, 6) is 0.267. The van der Waals surface area contributed by atoms with Gasteiger partial charge in [-0.15, -0.1) is 0 Å². The molecule has 0 saturated carbocycles. The minimum Gasteiger partial charge on any atom is -0.482 e. The molecule has 8 nitrogen and oxygen atoms in total. The first-order chi connectivity index (χ1) is 15.5. The van der Waals surface area contributed by atoms with Gasteiger partial charge in [0.1, 0.15) is 6.10 Å². The van der Waals surface area contributed by atoms with Crippen LogP contribution in [0.25, 0.3) is 10.2 Å². The van der Waals surface area contributed by atoms with E-state index in [0.29, 0.717) is 41.6 Å². The van der Waals surface area contributed by atoms with E-state index in [0.717, 1.165) is 10.2 Å². The van der Waals surface area contributed by atoms with Gasteiger partial charge in [-0.3, -0.25) is 4.79 Å². The number of carbonyl (C=O) groups excluding carboxylic acids is 2. The molecule has 0 aliphatic carbocycles.